The van der Waals surface area contributed by atoms with Gasteiger partial charge in [-0.3, -0.25) is 4.90 Å². The van der Waals surface area contributed by atoms with E-state index in [0.29, 0.717) is 16.5 Å². The second kappa shape index (κ2) is 4.90. The van der Waals surface area contributed by atoms with Crippen LogP contribution in [0.2, 0.25) is 5.02 Å². The number of esters is 1. The topological polar surface area (TPSA) is 29.5 Å². The molecule has 0 aliphatic carbocycles. The van der Waals surface area contributed by atoms with Gasteiger partial charge in [0.25, 0.3) is 0 Å². The molecule has 0 spiro atoms. The van der Waals surface area contributed by atoms with E-state index < -0.39 is 0 Å². The zero-order chi connectivity index (χ0) is 12.5. The number of benzene rings is 1. The Hall–Kier alpha value is -1.06. The van der Waals surface area contributed by atoms with Crippen LogP contribution in [-0.2, 0) is 4.74 Å². The van der Waals surface area contributed by atoms with Gasteiger partial charge in [0.05, 0.1) is 5.56 Å². The van der Waals surface area contributed by atoms with Crippen molar-refractivity contribution >= 4 is 17.6 Å². The maximum atomic E-state index is 12.0. The lowest BCUT2D eigenvalue weighted by Crippen LogP contribution is -2.51. The first-order valence-corrected chi connectivity index (χ1v) is 6.79. The van der Waals surface area contributed by atoms with Gasteiger partial charge >= 0.3 is 5.97 Å². The Morgan fingerprint density at radius 3 is 2.72 bits per heavy atom. The van der Waals surface area contributed by atoms with Crippen molar-refractivity contribution in [2.24, 2.45) is 5.92 Å². The molecule has 0 unspecified atom stereocenters. The molecule has 3 saturated heterocycles. The molecule has 0 saturated carbocycles. The summed E-state index contributed by atoms with van der Waals surface area (Å²) in [6.07, 6.45) is 2.35. The Kier molecular flexibility index (Phi) is 3.27. The first-order chi connectivity index (χ1) is 8.72. The van der Waals surface area contributed by atoms with Crippen molar-refractivity contribution in [3.8, 4) is 0 Å². The largest absolute Gasteiger partial charge is 0.457 e. The summed E-state index contributed by atoms with van der Waals surface area (Å²) in [6, 6.07) is 6.93. The summed E-state index contributed by atoms with van der Waals surface area (Å²) in [5.74, 6) is 0.286. The predicted molar refractivity (Wildman–Crippen MR) is 69.8 cm³/mol. The van der Waals surface area contributed by atoms with Gasteiger partial charge in [0.2, 0.25) is 0 Å². The molecule has 96 valence electrons. The average molecular weight is 266 g/mol. The van der Waals surface area contributed by atoms with Crippen LogP contribution < -0.4 is 0 Å². The van der Waals surface area contributed by atoms with Crippen LogP contribution in [0, 0.1) is 5.92 Å². The Morgan fingerprint density at radius 1 is 1.33 bits per heavy atom. The van der Waals surface area contributed by atoms with Crippen molar-refractivity contribution in [1.29, 1.82) is 0 Å². The maximum absolute atomic E-state index is 12.0. The SMILES string of the molecule is O=C(O[C@@H]1CN2CCC1CC2)c1cccc(Cl)c1. The second-order valence-corrected chi connectivity index (χ2v) is 5.53. The van der Waals surface area contributed by atoms with Crippen LogP contribution in [0.25, 0.3) is 0 Å². The zero-order valence-electron chi connectivity index (χ0n) is 10.1. The van der Waals surface area contributed by atoms with Crippen molar-refractivity contribution in [3.63, 3.8) is 0 Å². The lowest BCUT2D eigenvalue weighted by molar-refractivity contribution is -0.0455. The predicted octanol–water partition coefficient (Wildman–Crippen LogP) is 2.59. The molecule has 0 N–H and O–H groups in total. The standard InChI is InChI=1S/C14H16ClNO2/c15-12-3-1-2-11(8-12)14(17)18-13-9-16-6-4-10(13)5-7-16/h1-3,8,10,13H,4-7,9H2/t13-/m1/s1. The lowest BCUT2D eigenvalue weighted by atomic mass is 9.86. The molecule has 3 nitrogen and oxygen atoms in total. The summed E-state index contributed by atoms with van der Waals surface area (Å²) in [6.45, 7) is 3.18. The second-order valence-electron chi connectivity index (χ2n) is 5.09. The van der Waals surface area contributed by atoms with Crippen LogP contribution in [0.15, 0.2) is 24.3 Å². The van der Waals surface area contributed by atoms with E-state index in [2.05, 4.69) is 4.90 Å². The molecule has 1 aromatic carbocycles. The van der Waals surface area contributed by atoms with E-state index in [1.807, 2.05) is 0 Å². The minimum atomic E-state index is -0.253. The van der Waals surface area contributed by atoms with Gasteiger partial charge in [-0.05, 0) is 50.0 Å². The highest BCUT2D eigenvalue weighted by molar-refractivity contribution is 6.30. The van der Waals surface area contributed by atoms with E-state index >= 15 is 0 Å². The molecule has 1 atom stereocenters. The zero-order valence-corrected chi connectivity index (χ0v) is 10.9. The van der Waals surface area contributed by atoms with E-state index in [4.69, 9.17) is 16.3 Å². The quantitative estimate of drug-likeness (QED) is 0.770. The van der Waals surface area contributed by atoms with Gasteiger partial charge in [0, 0.05) is 11.6 Å². The number of hydrogen-bond acceptors (Lipinski definition) is 3. The Labute approximate surface area is 112 Å². The Balaban J connectivity index is 1.68. The van der Waals surface area contributed by atoms with Gasteiger partial charge in [-0.2, -0.15) is 0 Å². The molecule has 0 radical (unpaired) electrons. The summed E-state index contributed by atoms with van der Waals surface area (Å²) < 4.78 is 5.63. The van der Waals surface area contributed by atoms with Gasteiger partial charge in [0.1, 0.15) is 6.10 Å². The number of nitrogens with zero attached hydrogens (tertiary/aromatic N) is 1. The van der Waals surface area contributed by atoms with Crippen LogP contribution in [0.4, 0.5) is 0 Å². The summed E-state index contributed by atoms with van der Waals surface area (Å²) in [4.78, 5) is 14.4. The minimum absolute atomic E-state index is 0.0546. The summed E-state index contributed by atoms with van der Waals surface area (Å²) in [5, 5.41) is 0.568. The number of piperidine rings is 3. The van der Waals surface area contributed by atoms with Crippen LogP contribution >= 0.6 is 11.6 Å². The monoisotopic (exact) mass is 265 g/mol. The molecule has 3 fully saturated rings. The molecule has 3 aliphatic heterocycles. The fourth-order valence-corrected chi connectivity index (χ4v) is 3.06. The number of hydrogen-bond donors (Lipinski definition) is 0. The lowest BCUT2D eigenvalue weighted by Gasteiger charge is -2.43. The molecule has 18 heavy (non-hydrogen) atoms. The molecular weight excluding hydrogens is 250 g/mol. The number of fused-ring (bicyclic) bond motifs is 3. The summed E-state index contributed by atoms with van der Waals surface area (Å²) >= 11 is 5.88. The number of ether oxygens (including phenoxy) is 1. The normalized spacial score (nSPS) is 30.2. The van der Waals surface area contributed by atoms with E-state index in [0.717, 1.165) is 32.5 Å². The Bertz CT molecular complexity index is 455. The van der Waals surface area contributed by atoms with Crippen molar-refractivity contribution in [3.05, 3.63) is 34.9 Å². The number of carbonyl (C=O) groups is 1. The highest BCUT2D eigenvalue weighted by Crippen LogP contribution is 2.30. The van der Waals surface area contributed by atoms with Gasteiger partial charge in [-0.15, -0.1) is 0 Å². The van der Waals surface area contributed by atoms with Gasteiger partial charge in [-0.25, -0.2) is 4.79 Å². The molecule has 4 rings (SSSR count). The smallest absolute Gasteiger partial charge is 0.338 e. The van der Waals surface area contributed by atoms with Crippen LogP contribution in [-0.4, -0.2) is 36.6 Å². The molecule has 1 aromatic rings. The molecular formula is C14H16ClNO2. The average Bonchev–Trinajstić information content (AvgIpc) is 2.40. The minimum Gasteiger partial charge on any atom is -0.457 e. The van der Waals surface area contributed by atoms with Gasteiger partial charge in [-0.1, -0.05) is 17.7 Å². The molecule has 0 amide bonds. The van der Waals surface area contributed by atoms with E-state index in [1.165, 1.54) is 0 Å². The maximum Gasteiger partial charge on any atom is 0.338 e. The van der Waals surface area contributed by atoms with Crippen LogP contribution in [0.5, 0.6) is 0 Å². The van der Waals surface area contributed by atoms with Crippen LogP contribution in [0.3, 0.4) is 0 Å². The first-order valence-electron chi connectivity index (χ1n) is 6.41. The van der Waals surface area contributed by atoms with Crippen LogP contribution in [0.1, 0.15) is 23.2 Å². The van der Waals surface area contributed by atoms with E-state index in [9.17, 15) is 4.79 Å². The molecule has 4 heteroatoms. The third-order valence-corrected chi connectivity index (χ3v) is 4.15. The van der Waals surface area contributed by atoms with Crippen molar-refractivity contribution < 1.29 is 9.53 Å². The fraction of sp³-hybridized carbons (Fsp3) is 0.500. The number of halogens is 1. The summed E-state index contributed by atoms with van der Waals surface area (Å²) in [5.41, 5.74) is 0.541. The van der Waals surface area contributed by atoms with E-state index in [1.54, 1.807) is 24.3 Å². The number of rotatable bonds is 2. The molecule has 3 heterocycles. The fourth-order valence-electron chi connectivity index (χ4n) is 2.87. The van der Waals surface area contributed by atoms with Crippen molar-refractivity contribution in [2.45, 2.75) is 18.9 Å². The van der Waals surface area contributed by atoms with Crippen molar-refractivity contribution in [2.75, 3.05) is 19.6 Å². The van der Waals surface area contributed by atoms with Gasteiger partial charge in [0.15, 0.2) is 0 Å². The molecule has 2 bridgehead atoms. The highest BCUT2D eigenvalue weighted by atomic mass is 35.5. The number of carbonyl (C=O) groups excluding carboxylic acids is 1. The van der Waals surface area contributed by atoms with Crippen molar-refractivity contribution in [1.82, 2.24) is 4.90 Å². The Morgan fingerprint density at radius 2 is 2.11 bits per heavy atom. The third-order valence-electron chi connectivity index (χ3n) is 3.91. The van der Waals surface area contributed by atoms with E-state index in [-0.39, 0.29) is 12.1 Å². The highest BCUT2D eigenvalue weighted by Gasteiger charge is 2.36. The summed E-state index contributed by atoms with van der Waals surface area (Å²) in [7, 11) is 0. The molecule has 0 aromatic heterocycles. The molecule has 3 aliphatic rings. The third kappa shape index (κ3) is 2.38. The first kappa shape index (κ1) is 12.0. The van der Waals surface area contributed by atoms with Gasteiger partial charge < -0.3 is 4.74 Å².